The summed E-state index contributed by atoms with van der Waals surface area (Å²) in [5.41, 5.74) is 1.82. The van der Waals surface area contributed by atoms with Gasteiger partial charge >= 0.3 is 0 Å². The second-order valence-electron chi connectivity index (χ2n) is 5.50. The molecule has 2 heterocycles. The van der Waals surface area contributed by atoms with Gasteiger partial charge in [0.25, 0.3) is 0 Å². The van der Waals surface area contributed by atoms with Gasteiger partial charge in [0.1, 0.15) is 11.4 Å². The third kappa shape index (κ3) is 2.76. The van der Waals surface area contributed by atoms with Crippen LogP contribution in [0.4, 0.5) is 0 Å². The molecule has 1 fully saturated rings. The number of amides is 1. The quantitative estimate of drug-likeness (QED) is 0.780. The number of carbonyl (C=O) groups excluding carboxylic acids is 1. The van der Waals surface area contributed by atoms with Crippen LogP contribution in [0.15, 0.2) is 18.5 Å². The van der Waals surface area contributed by atoms with Gasteiger partial charge in [-0.05, 0) is 36.8 Å². The van der Waals surface area contributed by atoms with Crippen LogP contribution in [0.25, 0.3) is 11.0 Å². The summed E-state index contributed by atoms with van der Waals surface area (Å²) in [7, 11) is 0. The summed E-state index contributed by atoms with van der Waals surface area (Å²) in [6.45, 7) is 0.619. The summed E-state index contributed by atoms with van der Waals surface area (Å²) in [6.07, 6.45) is 8.36. The minimum Gasteiger partial charge on any atom is -0.506 e. The van der Waals surface area contributed by atoms with Crippen molar-refractivity contribution in [1.29, 1.82) is 0 Å². The number of rotatable bonds is 5. The molecule has 106 valence electrons. The van der Waals surface area contributed by atoms with E-state index >= 15 is 0 Å². The van der Waals surface area contributed by atoms with Crippen molar-refractivity contribution >= 4 is 16.9 Å². The molecule has 2 aromatic heterocycles. The molecule has 0 atom stereocenters. The molecular weight excluding hydrogens is 254 g/mol. The first-order chi connectivity index (χ1) is 9.72. The van der Waals surface area contributed by atoms with Gasteiger partial charge in [-0.2, -0.15) is 0 Å². The maximum atomic E-state index is 11.7. The third-order valence-corrected chi connectivity index (χ3v) is 4.02. The van der Waals surface area contributed by atoms with Crippen LogP contribution in [0, 0.1) is 5.92 Å². The Kier molecular flexibility index (Phi) is 3.58. The number of aromatic nitrogens is 2. The third-order valence-electron chi connectivity index (χ3n) is 4.02. The highest BCUT2D eigenvalue weighted by atomic mass is 16.3. The predicted molar refractivity (Wildman–Crippen MR) is 76.4 cm³/mol. The van der Waals surface area contributed by atoms with E-state index in [0.717, 1.165) is 23.0 Å². The average molecular weight is 273 g/mol. The average Bonchev–Trinajstić information content (AvgIpc) is 2.77. The molecule has 0 spiro atoms. The fourth-order valence-electron chi connectivity index (χ4n) is 2.62. The lowest BCUT2D eigenvalue weighted by Crippen LogP contribution is -2.29. The summed E-state index contributed by atoms with van der Waals surface area (Å²) in [5.74, 6) is 0.909. The van der Waals surface area contributed by atoms with Gasteiger partial charge in [-0.25, -0.2) is 4.98 Å². The van der Waals surface area contributed by atoms with Gasteiger partial charge in [-0.15, -0.1) is 0 Å². The molecule has 1 aliphatic carbocycles. The molecule has 0 saturated heterocycles. The van der Waals surface area contributed by atoms with Gasteiger partial charge in [-0.3, -0.25) is 4.79 Å². The number of hydrogen-bond donors (Lipinski definition) is 3. The molecule has 5 nitrogen and oxygen atoms in total. The van der Waals surface area contributed by atoms with E-state index in [1.54, 1.807) is 6.07 Å². The van der Waals surface area contributed by atoms with E-state index in [2.05, 4.69) is 15.3 Å². The van der Waals surface area contributed by atoms with Crippen molar-refractivity contribution in [3.63, 3.8) is 0 Å². The molecule has 1 amide bonds. The fraction of sp³-hybridized carbons (Fsp3) is 0.467. The van der Waals surface area contributed by atoms with Gasteiger partial charge in [0.05, 0.1) is 6.20 Å². The number of aromatic hydroxyl groups is 1. The van der Waals surface area contributed by atoms with Crippen molar-refractivity contribution in [2.75, 3.05) is 6.54 Å². The SMILES string of the molecule is O=C(CC1CCC1)NCCc1c[nH]c2ncc(O)cc12. The summed E-state index contributed by atoms with van der Waals surface area (Å²) in [5, 5.41) is 13.4. The molecule has 0 radical (unpaired) electrons. The van der Waals surface area contributed by atoms with Crippen LogP contribution in [0.1, 0.15) is 31.2 Å². The molecule has 1 saturated carbocycles. The lowest BCUT2D eigenvalue weighted by atomic mass is 9.83. The van der Waals surface area contributed by atoms with E-state index in [-0.39, 0.29) is 11.7 Å². The van der Waals surface area contributed by atoms with E-state index in [1.165, 1.54) is 25.5 Å². The second kappa shape index (κ2) is 5.53. The molecule has 3 N–H and O–H groups in total. The van der Waals surface area contributed by atoms with Crippen molar-refractivity contribution in [2.24, 2.45) is 5.92 Å². The fourth-order valence-corrected chi connectivity index (χ4v) is 2.62. The second-order valence-corrected chi connectivity index (χ2v) is 5.50. The standard InChI is InChI=1S/C15H19N3O2/c19-12-7-13-11(8-17-15(13)18-9-12)4-5-16-14(20)6-10-2-1-3-10/h7-10,19H,1-6H2,(H,16,20)(H,17,18). The molecule has 5 heteroatoms. The Morgan fingerprint density at radius 2 is 2.35 bits per heavy atom. The van der Waals surface area contributed by atoms with Crippen LogP contribution >= 0.6 is 0 Å². The number of nitrogens with zero attached hydrogens (tertiary/aromatic N) is 1. The van der Waals surface area contributed by atoms with Crippen LogP contribution in [0.5, 0.6) is 5.75 Å². The first-order valence-electron chi connectivity index (χ1n) is 7.14. The normalized spacial score (nSPS) is 15.2. The Morgan fingerprint density at radius 1 is 1.50 bits per heavy atom. The Balaban J connectivity index is 1.54. The molecule has 0 aromatic carbocycles. The first kappa shape index (κ1) is 13.0. The lowest BCUT2D eigenvalue weighted by molar-refractivity contribution is -0.122. The summed E-state index contributed by atoms with van der Waals surface area (Å²) in [6, 6.07) is 1.70. The highest BCUT2D eigenvalue weighted by Gasteiger charge is 2.20. The zero-order valence-corrected chi connectivity index (χ0v) is 11.4. The topological polar surface area (TPSA) is 78.0 Å². The number of carbonyl (C=O) groups is 1. The number of aromatic amines is 1. The smallest absolute Gasteiger partial charge is 0.220 e. The number of hydrogen-bond acceptors (Lipinski definition) is 3. The zero-order valence-electron chi connectivity index (χ0n) is 11.4. The van der Waals surface area contributed by atoms with Crippen LogP contribution in [-0.2, 0) is 11.2 Å². The monoisotopic (exact) mass is 273 g/mol. The Hall–Kier alpha value is -2.04. The van der Waals surface area contributed by atoms with Crippen molar-refractivity contribution < 1.29 is 9.90 Å². The molecule has 0 unspecified atom stereocenters. The molecule has 20 heavy (non-hydrogen) atoms. The Bertz CT molecular complexity index is 617. The Labute approximate surface area is 117 Å². The number of fused-ring (bicyclic) bond motifs is 1. The summed E-state index contributed by atoms with van der Waals surface area (Å²) < 4.78 is 0. The predicted octanol–water partition coefficient (Wildman–Crippen LogP) is 2.12. The van der Waals surface area contributed by atoms with Crippen molar-refractivity contribution in [3.8, 4) is 5.75 Å². The summed E-state index contributed by atoms with van der Waals surface area (Å²) >= 11 is 0. The minimum atomic E-state index is 0.149. The van der Waals surface area contributed by atoms with Gasteiger partial charge in [-0.1, -0.05) is 6.42 Å². The molecule has 3 rings (SSSR count). The molecule has 1 aliphatic rings. The van der Waals surface area contributed by atoms with E-state index in [4.69, 9.17) is 0 Å². The maximum Gasteiger partial charge on any atom is 0.220 e. The number of H-pyrrole nitrogens is 1. The first-order valence-corrected chi connectivity index (χ1v) is 7.14. The molecule has 2 aromatic rings. The van der Waals surface area contributed by atoms with E-state index in [0.29, 0.717) is 18.9 Å². The number of pyridine rings is 1. The van der Waals surface area contributed by atoms with E-state index in [1.807, 2.05) is 6.20 Å². The van der Waals surface area contributed by atoms with Crippen molar-refractivity contribution in [1.82, 2.24) is 15.3 Å². The number of nitrogens with one attached hydrogen (secondary N) is 2. The van der Waals surface area contributed by atoms with E-state index < -0.39 is 0 Å². The van der Waals surface area contributed by atoms with Crippen LogP contribution in [0.2, 0.25) is 0 Å². The highest BCUT2D eigenvalue weighted by Crippen LogP contribution is 2.29. The minimum absolute atomic E-state index is 0.149. The molecule has 0 aliphatic heterocycles. The highest BCUT2D eigenvalue weighted by molar-refractivity contribution is 5.81. The molecule has 0 bridgehead atoms. The van der Waals surface area contributed by atoms with Crippen LogP contribution in [0.3, 0.4) is 0 Å². The maximum absolute atomic E-state index is 11.7. The Morgan fingerprint density at radius 3 is 3.10 bits per heavy atom. The lowest BCUT2D eigenvalue weighted by Gasteiger charge is -2.24. The van der Waals surface area contributed by atoms with Gasteiger partial charge in [0, 0.05) is 24.5 Å². The molecular formula is C15H19N3O2. The van der Waals surface area contributed by atoms with Crippen LogP contribution < -0.4 is 5.32 Å². The van der Waals surface area contributed by atoms with Crippen molar-refractivity contribution in [2.45, 2.75) is 32.1 Å². The van der Waals surface area contributed by atoms with E-state index in [9.17, 15) is 9.90 Å². The van der Waals surface area contributed by atoms with Gasteiger partial charge < -0.3 is 15.4 Å². The largest absolute Gasteiger partial charge is 0.506 e. The van der Waals surface area contributed by atoms with Crippen LogP contribution in [-0.4, -0.2) is 27.5 Å². The van der Waals surface area contributed by atoms with Crippen molar-refractivity contribution in [3.05, 3.63) is 24.0 Å². The zero-order chi connectivity index (χ0) is 13.9. The summed E-state index contributed by atoms with van der Waals surface area (Å²) in [4.78, 5) is 18.9. The van der Waals surface area contributed by atoms with Gasteiger partial charge in [0.2, 0.25) is 5.91 Å². The van der Waals surface area contributed by atoms with Gasteiger partial charge in [0.15, 0.2) is 0 Å².